The molecule has 162 valence electrons. The molecule has 0 bridgehead atoms. The van der Waals surface area contributed by atoms with Gasteiger partial charge in [0.25, 0.3) is 11.8 Å². The SMILES string of the molecule is CCOc1ccc(C(=O)Nc2c(C(=O)N3CCN(CC)CC3)oc3ccccc23)cc1. The Morgan fingerprint density at radius 2 is 1.71 bits per heavy atom. The quantitative estimate of drug-likeness (QED) is 0.654. The number of hydrogen-bond acceptors (Lipinski definition) is 5. The second-order valence-corrected chi connectivity index (χ2v) is 7.44. The summed E-state index contributed by atoms with van der Waals surface area (Å²) in [5.41, 5.74) is 1.46. The van der Waals surface area contributed by atoms with Crippen LogP contribution in [0.1, 0.15) is 34.8 Å². The molecule has 3 aromatic rings. The van der Waals surface area contributed by atoms with Crippen LogP contribution in [-0.2, 0) is 0 Å². The number of para-hydroxylation sites is 1. The van der Waals surface area contributed by atoms with Crippen LogP contribution in [-0.4, -0.2) is 60.9 Å². The van der Waals surface area contributed by atoms with Crippen molar-refractivity contribution in [1.82, 2.24) is 9.80 Å². The largest absolute Gasteiger partial charge is 0.494 e. The average molecular weight is 421 g/mol. The number of anilines is 1. The highest BCUT2D eigenvalue weighted by Gasteiger charge is 2.28. The van der Waals surface area contributed by atoms with E-state index in [4.69, 9.17) is 9.15 Å². The van der Waals surface area contributed by atoms with Crippen molar-refractivity contribution in [2.24, 2.45) is 0 Å². The van der Waals surface area contributed by atoms with Crippen LogP contribution >= 0.6 is 0 Å². The minimum absolute atomic E-state index is 0.172. The Morgan fingerprint density at radius 1 is 1.00 bits per heavy atom. The summed E-state index contributed by atoms with van der Waals surface area (Å²) >= 11 is 0. The maximum atomic E-state index is 13.3. The first-order chi connectivity index (χ1) is 15.1. The van der Waals surface area contributed by atoms with Gasteiger partial charge in [-0.3, -0.25) is 9.59 Å². The van der Waals surface area contributed by atoms with Gasteiger partial charge in [-0.2, -0.15) is 0 Å². The second kappa shape index (κ2) is 9.22. The number of likely N-dealkylation sites (N-methyl/N-ethyl adjacent to an activating group) is 1. The molecule has 2 heterocycles. The molecule has 2 aromatic carbocycles. The third-order valence-electron chi connectivity index (χ3n) is 5.56. The smallest absolute Gasteiger partial charge is 0.291 e. The number of carbonyl (C=O) groups is 2. The Morgan fingerprint density at radius 3 is 2.39 bits per heavy atom. The zero-order valence-corrected chi connectivity index (χ0v) is 17.9. The lowest BCUT2D eigenvalue weighted by molar-refractivity contribution is 0.0616. The molecule has 1 aliphatic heterocycles. The summed E-state index contributed by atoms with van der Waals surface area (Å²) in [6, 6.07) is 14.3. The number of furan rings is 1. The molecule has 0 spiro atoms. The molecule has 0 atom stereocenters. The number of ether oxygens (including phenoxy) is 1. The van der Waals surface area contributed by atoms with Crippen LogP contribution in [0.5, 0.6) is 5.75 Å². The first-order valence-electron chi connectivity index (χ1n) is 10.7. The maximum Gasteiger partial charge on any atom is 0.291 e. The highest BCUT2D eigenvalue weighted by Crippen LogP contribution is 2.32. The van der Waals surface area contributed by atoms with Crippen LogP contribution in [0.4, 0.5) is 5.69 Å². The normalized spacial score (nSPS) is 14.6. The second-order valence-electron chi connectivity index (χ2n) is 7.44. The highest BCUT2D eigenvalue weighted by atomic mass is 16.5. The lowest BCUT2D eigenvalue weighted by Gasteiger charge is -2.33. The van der Waals surface area contributed by atoms with Crippen LogP contribution in [0.2, 0.25) is 0 Å². The van der Waals surface area contributed by atoms with E-state index in [1.165, 1.54) is 0 Å². The first-order valence-corrected chi connectivity index (χ1v) is 10.7. The Labute approximate surface area is 181 Å². The van der Waals surface area contributed by atoms with Gasteiger partial charge in [0.2, 0.25) is 5.76 Å². The minimum atomic E-state index is -0.306. The summed E-state index contributed by atoms with van der Waals surface area (Å²) < 4.78 is 11.4. The van der Waals surface area contributed by atoms with Crippen molar-refractivity contribution in [3.8, 4) is 5.75 Å². The van der Waals surface area contributed by atoms with Gasteiger partial charge in [0, 0.05) is 37.1 Å². The number of carbonyl (C=O) groups excluding carboxylic acids is 2. The molecule has 1 fully saturated rings. The molecule has 0 radical (unpaired) electrons. The van der Waals surface area contributed by atoms with E-state index in [0.29, 0.717) is 47.7 Å². The molecule has 2 amide bonds. The molecule has 7 nitrogen and oxygen atoms in total. The summed E-state index contributed by atoms with van der Waals surface area (Å²) in [5, 5.41) is 3.62. The molecule has 1 saturated heterocycles. The molecular formula is C24H27N3O4. The van der Waals surface area contributed by atoms with Crippen molar-refractivity contribution in [3.63, 3.8) is 0 Å². The monoisotopic (exact) mass is 421 g/mol. The molecule has 31 heavy (non-hydrogen) atoms. The van der Waals surface area contributed by atoms with Crippen molar-refractivity contribution in [2.45, 2.75) is 13.8 Å². The highest BCUT2D eigenvalue weighted by molar-refractivity contribution is 6.14. The summed E-state index contributed by atoms with van der Waals surface area (Å²) in [5.74, 6) is 0.369. The van der Waals surface area contributed by atoms with E-state index in [0.717, 1.165) is 19.6 Å². The van der Waals surface area contributed by atoms with Gasteiger partial charge in [-0.15, -0.1) is 0 Å². The lowest BCUT2D eigenvalue weighted by Crippen LogP contribution is -2.48. The zero-order chi connectivity index (χ0) is 21.8. The fourth-order valence-electron chi connectivity index (χ4n) is 3.79. The number of piperazine rings is 1. The molecular weight excluding hydrogens is 394 g/mol. The van der Waals surface area contributed by atoms with Crippen molar-refractivity contribution < 1.29 is 18.7 Å². The van der Waals surface area contributed by atoms with E-state index in [-0.39, 0.29) is 17.6 Å². The molecule has 0 aliphatic carbocycles. The Bertz CT molecular complexity index is 1070. The number of nitrogens with zero attached hydrogens (tertiary/aromatic N) is 2. The van der Waals surface area contributed by atoms with E-state index >= 15 is 0 Å². The third kappa shape index (κ3) is 4.41. The van der Waals surface area contributed by atoms with Crippen LogP contribution in [0.15, 0.2) is 52.9 Å². The summed E-state index contributed by atoms with van der Waals surface area (Å²) in [6.45, 7) is 8.48. The Kier molecular flexibility index (Phi) is 6.23. The third-order valence-corrected chi connectivity index (χ3v) is 5.56. The van der Waals surface area contributed by atoms with Gasteiger partial charge in [-0.25, -0.2) is 0 Å². The topological polar surface area (TPSA) is 75.0 Å². The number of rotatable bonds is 6. The Balaban J connectivity index is 1.60. The standard InChI is InChI=1S/C24H27N3O4/c1-3-26-13-15-27(16-14-26)24(29)22-21(19-7-5-6-8-20(19)31-22)25-23(28)17-9-11-18(12-10-17)30-4-2/h5-12H,3-4,13-16H2,1-2H3,(H,25,28). The fourth-order valence-corrected chi connectivity index (χ4v) is 3.79. The van der Waals surface area contributed by atoms with E-state index < -0.39 is 0 Å². The average Bonchev–Trinajstić information content (AvgIpc) is 3.17. The van der Waals surface area contributed by atoms with Crippen LogP contribution in [0, 0.1) is 0 Å². The van der Waals surface area contributed by atoms with E-state index in [1.807, 2.05) is 25.1 Å². The van der Waals surface area contributed by atoms with E-state index in [1.54, 1.807) is 35.2 Å². The number of amides is 2. The summed E-state index contributed by atoms with van der Waals surface area (Å²) in [4.78, 5) is 30.3. The van der Waals surface area contributed by atoms with Crippen molar-refractivity contribution in [3.05, 3.63) is 59.9 Å². The van der Waals surface area contributed by atoms with Crippen molar-refractivity contribution in [2.75, 3.05) is 44.6 Å². The Hall–Kier alpha value is -3.32. The predicted octanol–water partition coefficient (Wildman–Crippen LogP) is 3.86. The van der Waals surface area contributed by atoms with Gasteiger partial charge < -0.3 is 24.3 Å². The van der Waals surface area contributed by atoms with Gasteiger partial charge in [0.05, 0.1) is 6.61 Å². The van der Waals surface area contributed by atoms with Crippen LogP contribution < -0.4 is 10.1 Å². The summed E-state index contributed by atoms with van der Waals surface area (Å²) in [7, 11) is 0. The molecule has 0 saturated carbocycles. The van der Waals surface area contributed by atoms with Crippen molar-refractivity contribution in [1.29, 1.82) is 0 Å². The van der Waals surface area contributed by atoms with Gasteiger partial charge in [-0.1, -0.05) is 19.1 Å². The minimum Gasteiger partial charge on any atom is -0.494 e. The summed E-state index contributed by atoms with van der Waals surface area (Å²) in [6.07, 6.45) is 0. The van der Waals surface area contributed by atoms with Gasteiger partial charge in [0.15, 0.2) is 0 Å². The lowest BCUT2D eigenvalue weighted by atomic mass is 10.1. The number of benzene rings is 2. The van der Waals surface area contributed by atoms with Crippen LogP contribution in [0.25, 0.3) is 11.0 Å². The van der Waals surface area contributed by atoms with Gasteiger partial charge in [0.1, 0.15) is 17.0 Å². The van der Waals surface area contributed by atoms with E-state index in [9.17, 15) is 9.59 Å². The number of hydrogen-bond donors (Lipinski definition) is 1. The van der Waals surface area contributed by atoms with Crippen LogP contribution in [0.3, 0.4) is 0 Å². The van der Waals surface area contributed by atoms with E-state index in [2.05, 4.69) is 17.1 Å². The van der Waals surface area contributed by atoms with Gasteiger partial charge >= 0.3 is 0 Å². The fraction of sp³-hybridized carbons (Fsp3) is 0.333. The number of fused-ring (bicyclic) bond motifs is 1. The molecule has 1 aliphatic rings. The molecule has 0 unspecified atom stereocenters. The number of nitrogens with one attached hydrogen (secondary N) is 1. The predicted molar refractivity (Wildman–Crippen MR) is 120 cm³/mol. The molecule has 1 N–H and O–H groups in total. The van der Waals surface area contributed by atoms with Gasteiger partial charge in [-0.05, 0) is 49.9 Å². The zero-order valence-electron chi connectivity index (χ0n) is 17.9. The first kappa shape index (κ1) is 20.9. The molecule has 7 heteroatoms. The molecule has 1 aromatic heterocycles. The van der Waals surface area contributed by atoms with Crippen molar-refractivity contribution >= 4 is 28.5 Å². The molecule has 4 rings (SSSR count). The maximum absolute atomic E-state index is 13.3.